The second-order valence-electron chi connectivity index (χ2n) is 5.93. The first-order valence-corrected chi connectivity index (χ1v) is 9.07. The molecule has 0 aromatic heterocycles. The molecule has 0 N–H and O–H groups in total. The first kappa shape index (κ1) is 16.3. The molecule has 8 heteroatoms. The summed E-state index contributed by atoms with van der Waals surface area (Å²) in [5, 5.41) is 0. The van der Waals surface area contributed by atoms with Crippen molar-refractivity contribution in [3.8, 4) is 0 Å². The molecule has 5 nitrogen and oxygen atoms in total. The predicted molar refractivity (Wildman–Crippen MR) is 79.0 cm³/mol. The number of hydrogen-bond acceptors (Lipinski definition) is 3. The highest BCUT2D eigenvalue weighted by Crippen LogP contribution is 2.31. The average molecular weight is 344 g/mol. The van der Waals surface area contributed by atoms with Gasteiger partial charge in [-0.2, -0.15) is 4.31 Å². The normalized spacial score (nSPS) is 20.3. The van der Waals surface area contributed by atoms with Gasteiger partial charge in [-0.1, -0.05) is 0 Å². The number of carbonyl (C=O) groups is 1. The van der Waals surface area contributed by atoms with Crippen LogP contribution in [-0.2, 0) is 14.8 Å². The maximum atomic E-state index is 13.8. The Morgan fingerprint density at radius 2 is 1.83 bits per heavy atom. The highest BCUT2D eigenvalue weighted by Gasteiger charge is 2.35. The molecule has 1 aromatic carbocycles. The minimum absolute atomic E-state index is 0.0808. The molecule has 3 rings (SSSR count). The van der Waals surface area contributed by atoms with Crippen LogP contribution >= 0.6 is 0 Å². The highest BCUT2D eigenvalue weighted by atomic mass is 32.2. The summed E-state index contributed by atoms with van der Waals surface area (Å²) >= 11 is 0. The van der Waals surface area contributed by atoms with E-state index in [0.29, 0.717) is 25.6 Å². The van der Waals surface area contributed by atoms with Gasteiger partial charge in [-0.15, -0.1) is 0 Å². The summed E-state index contributed by atoms with van der Waals surface area (Å²) < 4.78 is 53.1. The van der Waals surface area contributed by atoms with Crippen LogP contribution in [0.2, 0.25) is 0 Å². The van der Waals surface area contributed by atoms with Crippen LogP contribution in [0.25, 0.3) is 0 Å². The number of benzene rings is 1. The van der Waals surface area contributed by atoms with Crippen LogP contribution in [0.3, 0.4) is 0 Å². The molecule has 0 bridgehead atoms. The number of carbonyl (C=O) groups excluding carboxylic acids is 1. The zero-order valence-corrected chi connectivity index (χ0v) is 13.4. The molecule has 1 aliphatic carbocycles. The lowest BCUT2D eigenvalue weighted by Gasteiger charge is -2.22. The van der Waals surface area contributed by atoms with Crippen molar-refractivity contribution in [3.05, 3.63) is 29.8 Å². The maximum absolute atomic E-state index is 13.8. The summed E-state index contributed by atoms with van der Waals surface area (Å²) in [5.74, 6) is -1.75. The quantitative estimate of drug-likeness (QED) is 0.837. The average Bonchev–Trinajstić information content (AvgIpc) is 3.32. The van der Waals surface area contributed by atoms with E-state index in [9.17, 15) is 22.0 Å². The van der Waals surface area contributed by atoms with Crippen molar-refractivity contribution in [1.82, 2.24) is 9.21 Å². The molecule has 0 unspecified atom stereocenters. The second-order valence-corrected chi connectivity index (χ2v) is 7.84. The summed E-state index contributed by atoms with van der Waals surface area (Å²) in [5.41, 5.74) is 0. The minimum Gasteiger partial charge on any atom is -0.341 e. The van der Waals surface area contributed by atoms with Crippen LogP contribution < -0.4 is 0 Å². The third kappa shape index (κ3) is 3.37. The van der Waals surface area contributed by atoms with Crippen molar-refractivity contribution in [1.29, 1.82) is 0 Å². The zero-order chi connectivity index (χ0) is 16.6. The van der Waals surface area contributed by atoms with Gasteiger partial charge in [0.1, 0.15) is 16.5 Å². The molecule has 23 heavy (non-hydrogen) atoms. The Labute approximate surface area is 133 Å². The van der Waals surface area contributed by atoms with Gasteiger partial charge >= 0.3 is 0 Å². The van der Waals surface area contributed by atoms with Crippen LogP contribution in [0, 0.1) is 17.6 Å². The molecule has 1 aromatic rings. The molecule has 0 spiro atoms. The van der Waals surface area contributed by atoms with Crippen molar-refractivity contribution in [2.24, 2.45) is 5.92 Å². The fraction of sp³-hybridized carbons (Fsp3) is 0.533. The molecular formula is C15H18F2N2O3S. The largest absolute Gasteiger partial charge is 0.341 e. The minimum atomic E-state index is -4.03. The SMILES string of the molecule is O=C(C1CC1)N1CCCN(S(=O)(=O)c2ccc(F)cc2F)CC1. The van der Waals surface area contributed by atoms with E-state index in [-0.39, 0.29) is 24.9 Å². The smallest absolute Gasteiger partial charge is 0.246 e. The highest BCUT2D eigenvalue weighted by molar-refractivity contribution is 7.89. The predicted octanol–water partition coefficient (Wildman–Crippen LogP) is 1.60. The fourth-order valence-electron chi connectivity index (χ4n) is 2.77. The topological polar surface area (TPSA) is 57.7 Å². The van der Waals surface area contributed by atoms with Crippen LogP contribution in [0.15, 0.2) is 23.1 Å². The fourth-order valence-corrected chi connectivity index (χ4v) is 4.28. The number of hydrogen-bond donors (Lipinski definition) is 0. The molecule has 0 radical (unpaired) electrons. The third-order valence-electron chi connectivity index (χ3n) is 4.20. The Bertz CT molecular complexity index is 719. The molecular weight excluding hydrogens is 326 g/mol. The summed E-state index contributed by atoms with van der Waals surface area (Å²) in [6, 6.07) is 2.43. The van der Waals surface area contributed by atoms with E-state index in [1.807, 2.05) is 0 Å². The summed E-state index contributed by atoms with van der Waals surface area (Å²) in [6.07, 6.45) is 2.30. The zero-order valence-electron chi connectivity index (χ0n) is 12.5. The lowest BCUT2D eigenvalue weighted by atomic mass is 10.3. The summed E-state index contributed by atoms with van der Waals surface area (Å²) in [4.78, 5) is 13.2. The molecule has 2 aliphatic rings. The van der Waals surface area contributed by atoms with Crippen molar-refractivity contribution in [2.45, 2.75) is 24.2 Å². The summed E-state index contributed by atoms with van der Waals surface area (Å²) in [6.45, 7) is 1.15. The number of halogens is 2. The second kappa shape index (κ2) is 6.16. The van der Waals surface area contributed by atoms with Crippen molar-refractivity contribution in [3.63, 3.8) is 0 Å². The number of rotatable bonds is 3. The molecule has 1 saturated heterocycles. The molecule has 126 valence electrons. The Hall–Kier alpha value is -1.54. The molecule has 0 atom stereocenters. The number of sulfonamides is 1. The van der Waals surface area contributed by atoms with E-state index in [1.54, 1.807) is 4.90 Å². The van der Waals surface area contributed by atoms with Gasteiger partial charge in [-0.25, -0.2) is 17.2 Å². The monoisotopic (exact) mass is 344 g/mol. The Morgan fingerprint density at radius 1 is 1.09 bits per heavy atom. The van der Waals surface area contributed by atoms with Crippen LogP contribution in [0.5, 0.6) is 0 Å². The molecule has 1 saturated carbocycles. The van der Waals surface area contributed by atoms with E-state index in [0.717, 1.165) is 25.0 Å². The third-order valence-corrected chi connectivity index (χ3v) is 6.14. The van der Waals surface area contributed by atoms with E-state index < -0.39 is 26.6 Å². The van der Waals surface area contributed by atoms with Crippen molar-refractivity contribution in [2.75, 3.05) is 26.2 Å². The number of nitrogens with zero attached hydrogens (tertiary/aromatic N) is 2. The molecule has 1 aliphatic heterocycles. The van der Waals surface area contributed by atoms with Crippen LogP contribution in [0.4, 0.5) is 8.78 Å². The first-order chi connectivity index (χ1) is 10.9. The molecule has 1 amide bonds. The van der Waals surface area contributed by atoms with E-state index in [2.05, 4.69) is 0 Å². The Morgan fingerprint density at radius 3 is 2.48 bits per heavy atom. The van der Waals surface area contributed by atoms with Crippen LogP contribution in [-0.4, -0.2) is 49.7 Å². The summed E-state index contributed by atoms with van der Waals surface area (Å²) in [7, 11) is -4.03. The van der Waals surface area contributed by atoms with Crippen molar-refractivity contribution >= 4 is 15.9 Å². The molecule has 2 fully saturated rings. The number of amides is 1. The van der Waals surface area contributed by atoms with Gasteiger partial charge in [0.15, 0.2) is 0 Å². The van der Waals surface area contributed by atoms with Crippen molar-refractivity contribution < 1.29 is 22.0 Å². The van der Waals surface area contributed by atoms with E-state index in [1.165, 1.54) is 4.31 Å². The lowest BCUT2D eigenvalue weighted by molar-refractivity contribution is -0.132. The van der Waals surface area contributed by atoms with E-state index in [4.69, 9.17) is 0 Å². The van der Waals surface area contributed by atoms with Gasteiger partial charge in [-0.05, 0) is 31.4 Å². The van der Waals surface area contributed by atoms with Crippen LogP contribution in [0.1, 0.15) is 19.3 Å². The lowest BCUT2D eigenvalue weighted by Crippen LogP contribution is -2.38. The Balaban J connectivity index is 1.76. The van der Waals surface area contributed by atoms with Gasteiger partial charge in [0.2, 0.25) is 15.9 Å². The van der Waals surface area contributed by atoms with Gasteiger partial charge in [0.05, 0.1) is 0 Å². The van der Waals surface area contributed by atoms with Gasteiger partial charge in [-0.3, -0.25) is 4.79 Å². The van der Waals surface area contributed by atoms with Gasteiger partial charge < -0.3 is 4.90 Å². The van der Waals surface area contributed by atoms with Gasteiger partial charge in [0.25, 0.3) is 0 Å². The standard InChI is InChI=1S/C15H18F2N2O3S/c16-12-4-5-14(13(17)10-12)23(21,22)19-7-1-6-18(8-9-19)15(20)11-2-3-11/h4-5,10-11H,1-3,6-9H2. The van der Waals surface area contributed by atoms with Gasteiger partial charge in [0, 0.05) is 38.2 Å². The first-order valence-electron chi connectivity index (χ1n) is 7.63. The maximum Gasteiger partial charge on any atom is 0.246 e. The molecule has 1 heterocycles. The van der Waals surface area contributed by atoms with E-state index >= 15 is 0 Å². The Kier molecular flexibility index (Phi) is 4.37.